The molecular formula is C21H35IO2Si. The number of hydrogen-bond acceptors (Lipinski definition) is 2. The first-order valence-corrected chi connectivity index (χ1v) is 12.6. The Kier molecular flexibility index (Phi) is 9.92. The summed E-state index contributed by atoms with van der Waals surface area (Å²) < 4.78 is 7.99. The minimum Gasteiger partial charge on any atom is -0.412 e. The summed E-state index contributed by atoms with van der Waals surface area (Å²) in [6, 6.07) is 8.64. The van der Waals surface area contributed by atoms with Crippen LogP contribution in [0.4, 0.5) is 0 Å². The number of hydrogen-bond donors (Lipinski definition) is 1. The van der Waals surface area contributed by atoms with Crippen molar-refractivity contribution >= 4 is 30.9 Å². The van der Waals surface area contributed by atoms with Gasteiger partial charge in [0, 0.05) is 0 Å². The zero-order chi connectivity index (χ0) is 19.0. The van der Waals surface area contributed by atoms with Gasteiger partial charge in [0.15, 0.2) is 0 Å². The van der Waals surface area contributed by atoms with Crippen molar-refractivity contribution in [2.75, 3.05) is 6.61 Å². The molecule has 0 spiro atoms. The highest BCUT2D eigenvalue weighted by atomic mass is 127. The predicted molar refractivity (Wildman–Crippen MR) is 120 cm³/mol. The van der Waals surface area contributed by atoms with Gasteiger partial charge < -0.3 is 9.53 Å². The third-order valence-corrected chi connectivity index (χ3v) is 12.3. The molecule has 1 aromatic rings. The summed E-state index contributed by atoms with van der Waals surface area (Å²) >= 11 is 2.32. The van der Waals surface area contributed by atoms with Crippen molar-refractivity contribution in [3.8, 4) is 0 Å². The molecule has 1 rings (SSSR count). The average Bonchev–Trinajstić information content (AvgIpc) is 2.53. The highest BCUT2D eigenvalue weighted by Gasteiger charge is 2.44. The van der Waals surface area contributed by atoms with Gasteiger partial charge in [-0.05, 0) is 72.8 Å². The van der Waals surface area contributed by atoms with E-state index in [2.05, 4.69) is 88.4 Å². The van der Waals surface area contributed by atoms with E-state index in [1.807, 2.05) is 6.08 Å². The Morgan fingerprint density at radius 3 is 2.04 bits per heavy atom. The van der Waals surface area contributed by atoms with Crippen molar-refractivity contribution in [2.24, 2.45) is 0 Å². The normalized spacial score (nSPS) is 13.3. The van der Waals surface area contributed by atoms with Gasteiger partial charge in [0.2, 0.25) is 8.32 Å². The van der Waals surface area contributed by atoms with Crippen LogP contribution < -0.4 is 0 Å². The molecule has 0 aliphatic rings. The number of aliphatic hydroxyl groups is 1. The molecule has 0 aliphatic carbocycles. The van der Waals surface area contributed by atoms with Crippen LogP contribution in [0.5, 0.6) is 0 Å². The smallest absolute Gasteiger partial charge is 0.200 e. The third kappa shape index (κ3) is 6.19. The van der Waals surface area contributed by atoms with Crippen LogP contribution in [0.2, 0.25) is 16.6 Å². The van der Waals surface area contributed by atoms with Gasteiger partial charge in [0.05, 0.1) is 13.2 Å². The standard InChI is InChI=1S/C21H35IO2Si/c1-16(2)25(17(3)4,18(5)6)24-15-20-10-8-7-9-19(20)11-12-21(22)13-14-23/h7-10,13,16-18,23H,11-12,14-15H2,1-6H3/b21-13-. The Labute approximate surface area is 169 Å². The summed E-state index contributed by atoms with van der Waals surface area (Å²) in [5.41, 5.74) is 4.49. The molecule has 142 valence electrons. The van der Waals surface area contributed by atoms with Gasteiger partial charge in [0.1, 0.15) is 0 Å². The second-order valence-electron chi connectivity index (χ2n) is 7.71. The van der Waals surface area contributed by atoms with Crippen LogP contribution in [0, 0.1) is 0 Å². The Balaban J connectivity index is 2.94. The summed E-state index contributed by atoms with van der Waals surface area (Å²) in [7, 11) is -1.84. The van der Waals surface area contributed by atoms with Crippen molar-refractivity contribution in [1.29, 1.82) is 0 Å². The van der Waals surface area contributed by atoms with Crippen LogP contribution in [0.1, 0.15) is 59.1 Å². The lowest BCUT2D eigenvalue weighted by atomic mass is 10.0. The SMILES string of the molecule is CC(C)[Si](OCc1ccccc1CC/C(I)=C/CO)(C(C)C)C(C)C. The van der Waals surface area contributed by atoms with Gasteiger partial charge in [-0.2, -0.15) is 0 Å². The van der Waals surface area contributed by atoms with Crippen LogP contribution in [0.25, 0.3) is 0 Å². The second-order valence-corrected chi connectivity index (χ2v) is 14.6. The lowest BCUT2D eigenvalue weighted by Gasteiger charge is -2.42. The van der Waals surface area contributed by atoms with E-state index in [-0.39, 0.29) is 6.61 Å². The Morgan fingerprint density at radius 1 is 1.04 bits per heavy atom. The second kappa shape index (κ2) is 10.9. The molecule has 0 saturated carbocycles. The van der Waals surface area contributed by atoms with E-state index < -0.39 is 8.32 Å². The summed E-state index contributed by atoms with van der Waals surface area (Å²) in [6.45, 7) is 14.8. The van der Waals surface area contributed by atoms with E-state index in [1.165, 1.54) is 14.7 Å². The molecule has 0 heterocycles. The molecule has 0 radical (unpaired) electrons. The topological polar surface area (TPSA) is 29.5 Å². The zero-order valence-corrected chi connectivity index (χ0v) is 19.8. The molecule has 25 heavy (non-hydrogen) atoms. The highest BCUT2D eigenvalue weighted by Crippen LogP contribution is 2.42. The monoisotopic (exact) mass is 474 g/mol. The first kappa shape index (κ1) is 22.9. The molecule has 0 aliphatic heterocycles. The molecule has 0 amide bonds. The number of aryl methyl sites for hydroxylation is 1. The molecule has 0 fully saturated rings. The fourth-order valence-electron chi connectivity index (χ4n) is 4.10. The zero-order valence-electron chi connectivity index (χ0n) is 16.7. The molecule has 0 saturated heterocycles. The lowest BCUT2D eigenvalue weighted by molar-refractivity contribution is 0.265. The van der Waals surface area contributed by atoms with Crippen LogP contribution in [-0.2, 0) is 17.5 Å². The maximum Gasteiger partial charge on any atom is 0.200 e. The maximum atomic E-state index is 9.02. The number of halogens is 1. The maximum absolute atomic E-state index is 9.02. The van der Waals surface area contributed by atoms with Crippen molar-refractivity contribution in [3.05, 3.63) is 45.0 Å². The molecule has 0 bridgehead atoms. The molecule has 0 atom stereocenters. The molecular weight excluding hydrogens is 439 g/mol. The summed E-state index contributed by atoms with van der Waals surface area (Å²) in [6.07, 6.45) is 3.85. The fraction of sp³-hybridized carbons (Fsp3) is 0.619. The van der Waals surface area contributed by atoms with E-state index in [0.29, 0.717) is 16.6 Å². The van der Waals surface area contributed by atoms with Gasteiger partial charge in [-0.3, -0.25) is 0 Å². The average molecular weight is 474 g/mol. The van der Waals surface area contributed by atoms with Crippen LogP contribution in [-0.4, -0.2) is 20.0 Å². The first-order valence-electron chi connectivity index (χ1n) is 9.41. The van der Waals surface area contributed by atoms with Crippen LogP contribution >= 0.6 is 22.6 Å². The van der Waals surface area contributed by atoms with Gasteiger partial charge >= 0.3 is 0 Å². The third-order valence-electron chi connectivity index (χ3n) is 5.25. The molecule has 1 N–H and O–H groups in total. The summed E-state index contributed by atoms with van der Waals surface area (Å²) in [4.78, 5) is 0. The van der Waals surface area contributed by atoms with Crippen molar-refractivity contribution in [2.45, 2.75) is 77.6 Å². The quantitative estimate of drug-likeness (QED) is 0.305. The Hall–Kier alpha value is -0.173. The Morgan fingerprint density at radius 2 is 1.56 bits per heavy atom. The van der Waals surface area contributed by atoms with Crippen molar-refractivity contribution in [1.82, 2.24) is 0 Å². The van der Waals surface area contributed by atoms with Gasteiger partial charge in [0.25, 0.3) is 0 Å². The molecule has 0 aromatic heterocycles. The van der Waals surface area contributed by atoms with Crippen molar-refractivity contribution in [3.63, 3.8) is 0 Å². The van der Waals surface area contributed by atoms with Gasteiger partial charge in [-0.25, -0.2) is 0 Å². The van der Waals surface area contributed by atoms with E-state index in [4.69, 9.17) is 9.53 Å². The van der Waals surface area contributed by atoms with Crippen LogP contribution in [0.3, 0.4) is 0 Å². The van der Waals surface area contributed by atoms with Gasteiger partial charge in [-0.1, -0.05) is 65.8 Å². The number of allylic oxidation sites excluding steroid dienone is 1. The van der Waals surface area contributed by atoms with E-state index >= 15 is 0 Å². The number of aliphatic hydroxyl groups excluding tert-OH is 1. The largest absolute Gasteiger partial charge is 0.412 e. The predicted octanol–water partition coefficient (Wildman–Crippen LogP) is 6.62. The highest BCUT2D eigenvalue weighted by molar-refractivity contribution is 14.1. The molecule has 4 heteroatoms. The number of rotatable bonds is 10. The lowest BCUT2D eigenvalue weighted by Crippen LogP contribution is -2.47. The van der Waals surface area contributed by atoms with Crippen LogP contribution in [0.15, 0.2) is 33.9 Å². The minimum absolute atomic E-state index is 0.119. The van der Waals surface area contributed by atoms with E-state index in [9.17, 15) is 0 Å². The Bertz CT molecular complexity index is 531. The van der Waals surface area contributed by atoms with Crippen molar-refractivity contribution < 1.29 is 9.53 Å². The first-order chi connectivity index (χ1) is 11.8. The van der Waals surface area contributed by atoms with Gasteiger partial charge in [-0.15, -0.1) is 0 Å². The fourth-order valence-corrected chi connectivity index (χ4v) is 9.97. The molecule has 0 unspecified atom stereocenters. The summed E-state index contributed by atoms with van der Waals surface area (Å²) in [5.74, 6) is 0. The molecule has 2 nitrogen and oxygen atoms in total. The van der Waals surface area contributed by atoms with E-state index in [1.54, 1.807) is 0 Å². The summed E-state index contributed by atoms with van der Waals surface area (Å²) in [5, 5.41) is 9.02. The molecule has 1 aromatic carbocycles. The number of benzene rings is 1. The minimum atomic E-state index is -1.84. The van der Waals surface area contributed by atoms with E-state index in [0.717, 1.165) is 19.4 Å².